The van der Waals surface area contributed by atoms with Crippen LogP contribution in [-0.4, -0.2) is 40.8 Å². The average Bonchev–Trinajstić information content (AvgIpc) is 3.42. The molecule has 1 aromatic heterocycles. The number of aryl methyl sites for hydroxylation is 1. The van der Waals surface area contributed by atoms with Crippen LogP contribution in [0.3, 0.4) is 0 Å². The zero-order valence-corrected chi connectivity index (χ0v) is 18.8. The molecule has 5 rings (SSSR count). The molecule has 1 saturated heterocycles. The van der Waals surface area contributed by atoms with E-state index in [9.17, 15) is 18.4 Å². The highest BCUT2D eigenvalue weighted by Crippen LogP contribution is 2.44. The SMILES string of the molecule is Cc1ccc(C(=O)NC2CC3CCC2C3)c(C2CCN(C(=O)c3c(F)cccc3F)CC2)n1. The Morgan fingerprint density at radius 2 is 1.73 bits per heavy atom. The van der Waals surface area contributed by atoms with Gasteiger partial charge < -0.3 is 10.2 Å². The quantitative estimate of drug-likeness (QED) is 0.736. The summed E-state index contributed by atoms with van der Waals surface area (Å²) in [6.45, 7) is 2.63. The molecule has 3 aliphatic rings. The van der Waals surface area contributed by atoms with E-state index in [4.69, 9.17) is 4.98 Å². The molecule has 2 saturated carbocycles. The van der Waals surface area contributed by atoms with Crippen LogP contribution in [0.15, 0.2) is 30.3 Å². The van der Waals surface area contributed by atoms with E-state index in [1.807, 2.05) is 19.1 Å². The van der Waals surface area contributed by atoms with Gasteiger partial charge in [-0.25, -0.2) is 8.78 Å². The van der Waals surface area contributed by atoms with E-state index in [1.165, 1.54) is 30.2 Å². The minimum absolute atomic E-state index is 0.0141. The summed E-state index contributed by atoms with van der Waals surface area (Å²) in [7, 11) is 0. The maximum Gasteiger partial charge on any atom is 0.259 e. The van der Waals surface area contributed by atoms with Gasteiger partial charge in [0.2, 0.25) is 0 Å². The first kappa shape index (κ1) is 22.0. The van der Waals surface area contributed by atoms with Crippen LogP contribution >= 0.6 is 0 Å². The van der Waals surface area contributed by atoms with Crippen molar-refractivity contribution in [1.82, 2.24) is 15.2 Å². The van der Waals surface area contributed by atoms with Crippen LogP contribution in [0.5, 0.6) is 0 Å². The van der Waals surface area contributed by atoms with Crippen LogP contribution in [0.1, 0.15) is 76.5 Å². The normalized spacial score (nSPS) is 24.8. The number of halogens is 2. The van der Waals surface area contributed by atoms with Crippen molar-refractivity contribution in [3.63, 3.8) is 0 Å². The van der Waals surface area contributed by atoms with Crippen LogP contribution in [0.4, 0.5) is 8.78 Å². The number of rotatable bonds is 4. The summed E-state index contributed by atoms with van der Waals surface area (Å²) in [6, 6.07) is 7.41. The highest BCUT2D eigenvalue weighted by atomic mass is 19.1. The Kier molecular flexibility index (Phi) is 5.89. The highest BCUT2D eigenvalue weighted by Gasteiger charge is 2.40. The van der Waals surface area contributed by atoms with Crippen LogP contribution in [0, 0.1) is 30.4 Å². The van der Waals surface area contributed by atoms with Crippen molar-refractivity contribution >= 4 is 11.8 Å². The van der Waals surface area contributed by atoms with Gasteiger partial charge >= 0.3 is 0 Å². The lowest BCUT2D eigenvalue weighted by molar-refractivity contribution is 0.0700. The van der Waals surface area contributed by atoms with E-state index in [0.29, 0.717) is 37.4 Å². The van der Waals surface area contributed by atoms with Gasteiger partial charge in [-0.05, 0) is 75.1 Å². The lowest BCUT2D eigenvalue weighted by Crippen LogP contribution is -2.40. The molecule has 2 amide bonds. The number of piperidine rings is 1. The van der Waals surface area contributed by atoms with Gasteiger partial charge in [-0.1, -0.05) is 12.5 Å². The fraction of sp³-hybridized carbons (Fsp3) is 0.500. The van der Waals surface area contributed by atoms with Gasteiger partial charge in [0.05, 0.1) is 11.3 Å². The molecule has 5 nitrogen and oxygen atoms in total. The molecule has 1 aromatic carbocycles. The van der Waals surface area contributed by atoms with Crippen molar-refractivity contribution in [2.24, 2.45) is 11.8 Å². The molecule has 1 aliphatic heterocycles. The molecule has 0 spiro atoms. The van der Waals surface area contributed by atoms with Crippen LogP contribution in [-0.2, 0) is 0 Å². The number of amides is 2. The fourth-order valence-corrected chi connectivity index (χ4v) is 5.96. The van der Waals surface area contributed by atoms with Crippen molar-refractivity contribution in [3.05, 3.63) is 64.5 Å². The zero-order valence-electron chi connectivity index (χ0n) is 18.8. The lowest BCUT2D eigenvalue weighted by Gasteiger charge is -2.33. The first-order valence-electron chi connectivity index (χ1n) is 11.9. The smallest absolute Gasteiger partial charge is 0.259 e. The topological polar surface area (TPSA) is 62.3 Å². The Morgan fingerprint density at radius 3 is 2.36 bits per heavy atom. The standard InChI is InChI=1S/C26H29F2N3O2/c1-15-5-8-19(25(32)30-22-14-16-6-7-18(22)13-16)24(29-15)17-9-11-31(12-10-17)26(33)23-20(27)3-2-4-21(23)28/h2-5,8,16-18,22H,6-7,9-14H2,1H3,(H,30,32). The number of fused-ring (bicyclic) bond motifs is 2. The van der Waals surface area contributed by atoms with E-state index < -0.39 is 23.1 Å². The summed E-state index contributed by atoms with van der Waals surface area (Å²) in [5.41, 5.74) is 1.71. The second-order valence-corrected chi connectivity index (χ2v) is 9.80. The molecular weight excluding hydrogens is 424 g/mol. The summed E-state index contributed by atoms with van der Waals surface area (Å²) in [5, 5.41) is 3.26. The average molecular weight is 454 g/mol. The Bertz CT molecular complexity index is 1060. The summed E-state index contributed by atoms with van der Waals surface area (Å²) in [6.07, 6.45) is 5.95. The number of nitrogens with one attached hydrogen (secondary N) is 1. The van der Waals surface area contributed by atoms with Gasteiger partial charge in [-0.3, -0.25) is 14.6 Å². The van der Waals surface area contributed by atoms with Crippen LogP contribution < -0.4 is 5.32 Å². The summed E-state index contributed by atoms with van der Waals surface area (Å²) >= 11 is 0. The van der Waals surface area contributed by atoms with Gasteiger partial charge in [0.25, 0.3) is 11.8 Å². The maximum absolute atomic E-state index is 14.1. The molecule has 33 heavy (non-hydrogen) atoms. The third kappa shape index (κ3) is 4.25. The predicted octanol–water partition coefficient (Wildman–Crippen LogP) is 4.61. The Labute approximate surface area is 192 Å². The molecular formula is C26H29F2N3O2. The number of carbonyl (C=O) groups is 2. The minimum atomic E-state index is -0.845. The largest absolute Gasteiger partial charge is 0.349 e. The molecule has 3 atom stereocenters. The van der Waals surface area contributed by atoms with E-state index in [-0.39, 0.29) is 17.9 Å². The lowest BCUT2D eigenvalue weighted by atomic mass is 9.89. The van der Waals surface area contributed by atoms with Crippen molar-refractivity contribution in [2.75, 3.05) is 13.1 Å². The van der Waals surface area contributed by atoms with Crippen LogP contribution in [0.2, 0.25) is 0 Å². The predicted molar refractivity (Wildman–Crippen MR) is 120 cm³/mol. The molecule has 2 heterocycles. The highest BCUT2D eigenvalue weighted by molar-refractivity contribution is 5.96. The Morgan fingerprint density at radius 1 is 1.00 bits per heavy atom. The number of aromatic nitrogens is 1. The van der Waals surface area contributed by atoms with Gasteiger partial charge in [-0.15, -0.1) is 0 Å². The summed E-state index contributed by atoms with van der Waals surface area (Å²) in [5.74, 6) is -1.03. The van der Waals surface area contributed by atoms with Crippen molar-refractivity contribution in [3.8, 4) is 0 Å². The fourth-order valence-electron chi connectivity index (χ4n) is 5.96. The number of pyridine rings is 1. The number of nitrogens with zero attached hydrogens (tertiary/aromatic N) is 2. The minimum Gasteiger partial charge on any atom is -0.349 e. The first-order chi connectivity index (χ1) is 15.9. The van der Waals surface area contributed by atoms with Gasteiger partial charge in [0, 0.05) is 30.7 Å². The van der Waals surface area contributed by atoms with Crippen LogP contribution in [0.25, 0.3) is 0 Å². The molecule has 0 radical (unpaired) electrons. The molecule has 2 aromatic rings. The number of hydrogen-bond donors (Lipinski definition) is 1. The van der Waals surface area contributed by atoms with E-state index in [1.54, 1.807) is 0 Å². The van der Waals surface area contributed by atoms with Gasteiger partial charge in [0.15, 0.2) is 0 Å². The zero-order chi connectivity index (χ0) is 23.1. The third-order valence-corrected chi connectivity index (χ3v) is 7.71. The van der Waals surface area contributed by atoms with E-state index in [0.717, 1.165) is 35.9 Å². The molecule has 174 valence electrons. The molecule has 3 unspecified atom stereocenters. The van der Waals surface area contributed by atoms with Crippen molar-refractivity contribution < 1.29 is 18.4 Å². The number of carbonyl (C=O) groups excluding carboxylic acids is 2. The molecule has 3 fully saturated rings. The Hall–Kier alpha value is -2.83. The van der Waals surface area contributed by atoms with E-state index in [2.05, 4.69) is 5.32 Å². The monoisotopic (exact) mass is 453 g/mol. The summed E-state index contributed by atoms with van der Waals surface area (Å²) in [4.78, 5) is 32.1. The van der Waals surface area contributed by atoms with E-state index >= 15 is 0 Å². The first-order valence-corrected chi connectivity index (χ1v) is 11.9. The molecule has 7 heteroatoms. The number of hydrogen-bond acceptors (Lipinski definition) is 3. The Balaban J connectivity index is 1.29. The second kappa shape index (κ2) is 8.84. The number of benzene rings is 1. The molecule has 2 aliphatic carbocycles. The van der Waals surface area contributed by atoms with Gasteiger partial charge in [-0.2, -0.15) is 0 Å². The third-order valence-electron chi connectivity index (χ3n) is 7.71. The van der Waals surface area contributed by atoms with Crippen molar-refractivity contribution in [2.45, 2.75) is 57.4 Å². The molecule has 1 N–H and O–H groups in total. The van der Waals surface area contributed by atoms with Crippen molar-refractivity contribution in [1.29, 1.82) is 0 Å². The molecule has 2 bridgehead atoms. The summed E-state index contributed by atoms with van der Waals surface area (Å²) < 4.78 is 28.1. The number of likely N-dealkylation sites (tertiary alicyclic amines) is 1. The van der Waals surface area contributed by atoms with Gasteiger partial charge in [0.1, 0.15) is 17.2 Å². The second-order valence-electron chi connectivity index (χ2n) is 9.80. The maximum atomic E-state index is 14.1.